The van der Waals surface area contributed by atoms with Crippen molar-refractivity contribution >= 4 is 17.7 Å². The van der Waals surface area contributed by atoms with Crippen molar-refractivity contribution in [1.82, 2.24) is 10.2 Å². The lowest BCUT2D eigenvalue weighted by atomic mass is 9.93. The van der Waals surface area contributed by atoms with Crippen LogP contribution in [0.5, 0.6) is 0 Å². The SMILES string of the molecule is O=C(CCCC1C=CC(SCc2ccccc2)=C(O)C1)N1CCNCC1. The summed E-state index contributed by atoms with van der Waals surface area (Å²) in [4.78, 5) is 15.1. The summed E-state index contributed by atoms with van der Waals surface area (Å²) in [6, 6.07) is 10.3. The molecule has 1 aromatic rings. The van der Waals surface area contributed by atoms with Crippen molar-refractivity contribution in [2.45, 2.75) is 31.4 Å². The molecular formula is C21H28N2O2S. The quantitative estimate of drug-likeness (QED) is 0.763. The maximum atomic E-state index is 12.2. The van der Waals surface area contributed by atoms with Gasteiger partial charge in [-0.15, -0.1) is 11.8 Å². The predicted molar refractivity (Wildman–Crippen MR) is 108 cm³/mol. The Morgan fingerprint density at radius 3 is 2.73 bits per heavy atom. The van der Waals surface area contributed by atoms with Gasteiger partial charge in [0.1, 0.15) is 5.76 Å². The Kier molecular flexibility index (Phi) is 7.21. The summed E-state index contributed by atoms with van der Waals surface area (Å²) < 4.78 is 0. The number of carbonyl (C=O) groups is 1. The minimum absolute atomic E-state index is 0.269. The maximum absolute atomic E-state index is 12.2. The molecule has 1 unspecified atom stereocenters. The fraction of sp³-hybridized carbons (Fsp3) is 0.476. The molecule has 3 rings (SSSR count). The minimum Gasteiger partial charge on any atom is -0.511 e. The van der Waals surface area contributed by atoms with Gasteiger partial charge in [0.15, 0.2) is 0 Å². The van der Waals surface area contributed by atoms with Gasteiger partial charge >= 0.3 is 0 Å². The summed E-state index contributed by atoms with van der Waals surface area (Å²) in [7, 11) is 0. The molecule has 1 aliphatic heterocycles. The van der Waals surface area contributed by atoms with E-state index in [1.807, 2.05) is 23.1 Å². The van der Waals surface area contributed by atoms with E-state index in [-0.39, 0.29) is 5.91 Å². The third-order valence-corrected chi connectivity index (χ3v) is 6.09. The van der Waals surface area contributed by atoms with Crippen LogP contribution in [-0.4, -0.2) is 42.1 Å². The van der Waals surface area contributed by atoms with Gasteiger partial charge in [0.05, 0.1) is 0 Å². The van der Waals surface area contributed by atoms with Crippen molar-refractivity contribution in [3.63, 3.8) is 0 Å². The lowest BCUT2D eigenvalue weighted by Crippen LogP contribution is -2.46. The van der Waals surface area contributed by atoms with Crippen LogP contribution in [0.4, 0.5) is 0 Å². The summed E-state index contributed by atoms with van der Waals surface area (Å²) in [5.74, 6) is 1.97. The first-order chi connectivity index (χ1) is 12.7. The highest BCUT2D eigenvalue weighted by Crippen LogP contribution is 2.33. The van der Waals surface area contributed by atoms with Gasteiger partial charge in [-0.05, 0) is 30.4 Å². The number of benzene rings is 1. The van der Waals surface area contributed by atoms with Gasteiger partial charge in [0.2, 0.25) is 5.91 Å². The van der Waals surface area contributed by atoms with Crippen molar-refractivity contribution in [3.8, 4) is 0 Å². The normalized spacial score (nSPS) is 20.5. The molecule has 5 heteroatoms. The standard InChI is InChI=1S/C21H28N2O2S/c24-19-15-17(7-4-8-21(25)23-13-11-22-12-14-23)9-10-20(19)26-16-18-5-2-1-3-6-18/h1-3,5-6,9-10,17,22,24H,4,7-8,11-16H2. The lowest BCUT2D eigenvalue weighted by molar-refractivity contribution is -0.131. The molecular weight excluding hydrogens is 344 g/mol. The Morgan fingerprint density at radius 2 is 2.00 bits per heavy atom. The van der Waals surface area contributed by atoms with Crippen LogP contribution in [0.1, 0.15) is 31.2 Å². The molecule has 140 valence electrons. The number of aliphatic hydroxyl groups excluding tert-OH is 1. The van der Waals surface area contributed by atoms with E-state index >= 15 is 0 Å². The molecule has 1 aliphatic carbocycles. The van der Waals surface area contributed by atoms with Crippen LogP contribution in [0.3, 0.4) is 0 Å². The van der Waals surface area contributed by atoms with Crippen LogP contribution in [0.15, 0.2) is 53.1 Å². The van der Waals surface area contributed by atoms with E-state index < -0.39 is 0 Å². The first-order valence-electron chi connectivity index (χ1n) is 9.48. The van der Waals surface area contributed by atoms with E-state index in [0.29, 0.717) is 24.5 Å². The fourth-order valence-electron chi connectivity index (χ4n) is 3.39. The third-order valence-electron chi connectivity index (χ3n) is 4.93. The molecule has 1 aromatic carbocycles. The molecule has 1 amide bonds. The predicted octanol–water partition coefficient (Wildman–Crippen LogP) is 3.87. The lowest BCUT2D eigenvalue weighted by Gasteiger charge is -2.27. The molecule has 1 saturated heterocycles. The number of nitrogens with zero attached hydrogens (tertiary/aromatic N) is 1. The average Bonchev–Trinajstić information content (AvgIpc) is 2.69. The molecule has 0 spiro atoms. The second kappa shape index (κ2) is 9.83. The first-order valence-corrected chi connectivity index (χ1v) is 10.5. The summed E-state index contributed by atoms with van der Waals surface area (Å²) in [6.07, 6.45) is 7.39. The number of carbonyl (C=O) groups excluding carboxylic acids is 1. The fourth-order valence-corrected chi connectivity index (χ4v) is 4.33. The van der Waals surface area contributed by atoms with E-state index in [1.165, 1.54) is 5.56 Å². The molecule has 0 bridgehead atoms. The summed E-state index contributed by atoms with van der Waals surface area (Å²) in [5, 5.41) is 13.6. The van der Waals surface area contributed by atoms with Crippen LogP contribution >= 0.6 is 11.8 Å². The number of hydrogen-bond acceptors (Lipinski definition) is 4. The van der Waals surface area contributed by atoms with Gasteiger partial charge in [-0.2, -0.15) is 0 Å². The van der Waals surface area contributed by atoms with Gasteiger partial charge in [0.25, 0.3) is 0 Å². The highest BCUT2D eigenvalue weighted by atomic mass is 32.2. The van der Waals surface area contributed by atoms with Crippen LogP contribution in [0.2, 0.25) is 0 Å². The van der Waals surface area contributed by atoms with Crippen LogP contribution < -0.4 is 5.32 Å². The minimum atomic E-state index is 0.269. The molecule has 1 heterocycles. The molecule has 0 radical (unpaired) electrons. The highest BCUT2D eigenvalue weighted by Gasteiger charge is 2.19. The maximum Gasteiger partial charge on any atom is 0.222 e. The molecule has 26 heavy (non-hydrogen) atoms. The van der Waals surface area contributed by atoms with Crippen molar-refractivity contribution in [2.24, 2.45) is 5.92 Å². The van der Waals surface area contributed by atoms with Crippen molar-refractivity contribution in [3.05, 3.63) is 58.7 Å². The first kappa shape index (κ1) is 19.1. The number of aliphatic hydroxyl groups is 1. The number of allylic oxidation sites excluding steroid dienone is 3. The molecule has 2 N–H and O–H groups in total. The highest BCUT2D eigenvalue weighted by molar-refractivity contribution is 8.02. The number of nitrogens with one attached hydrogen (secondary N) is 1. The Bertz CT molecular complexity index is 651. The average molecular weight is 373 g/mol. The zero-order valence-electron chi connectivity index (χ0n) is 15.2. The zero-order valence-corrected chi connectivity index (χ0v) is 16.0. The Morgan fingerprint density at radius 1 is 1.23 bits per heavy atom. The Balaban J connectivity index is 1.38. The smallest absolute Gasteiger partial charge is 0.222 e. The number of hydrogen-bond donors (Lipinski definition) is 2. The van der Waals surface area contributed by atoms with Crippen LogP contribution in [0.25, 0.3) is 0 Å². The molecule has 0 saturated carbocycles. The molecule has 2 aliphatic rings. The number of rotatable bonds is 7. The summed E-state index contributed by atoms with van der Waals surface area (Å²) >= 11 is 1.68. The summed E-state index contributed by atoms with van der Waals surface area (Å²) in [5.41, 5.74) is 1.26. The molecule has 0 aromatic heterocycles. The number of thioether (sulfide) groups is 1. The largest absolute Gasteiger partial charge is 0.511 e. The third kappa shape index (κ3) is 5.64. The van der Waals surface area contributed by atoms with E-state index in [4.69, 9.17) is 0 Å². The number of piperazine rings is 1. The summed E-state index contributed by atoms with van der Waals surface area (Å²) in [6.45, 7) is 3.46. The second-order valence-electron chi connectivity index (χ2n) is 6.93. The molecule has 1 atom stereocenters. The van der Waals surface area contributed by atoms with Gasteiger partial charge < -0.3 is 15.3 Å². The van der Waals surface area contributed by atoms with Gasteiger partial charge in [-0.25, -0.2) is 0 Å². The van der Waals surface area contributed by atoms with Gasteiger partial charge in [-0.1, -0.05) is 36.4 Å². The molecule has 1 fully saturated rings. The monoisotopic (exact) mass is 372 g/mol. The Labute approximate surface area is 160 Å². The van der Waals surface area contributed by atoms with E-state index in [9.17, 15) is 9.90 Å². The van der Waals surface area contributed by atoms with Crippen LogP contribution in [0, 0.1) is 5.92 Å². The zero-order chi connectivity index (χ0) is 18.2. The topological polar surface area (TPSA) is 52.6 Å². The van der Waals surface area contributed by atoms with Crippen LogP contribution in [-0.2, 0) is 10.5 Å². The Hall–Kier alpha value is -1.72. The van der Waals surface area contributed by atoms with E-state index in [2.05, 4.69) is 29.6 Å². The van der Waals surface area contributed by atoms with Crippen molar-refractivity contribution in [1.29, 1.82) is 0 Å². The molecule has 4 nitrogen and oxygen atoms in total. The van der Waals surface area contributed by atoms with E-state index in [0.717, 1.165) is 49.7 Å². The van der Waals surface area contributed by atoms with E-state index in [1.54, 1.807) is 11.8 Å². The van der Waals surface area contributed by atoms with Gasteiger partial charge in [-0.3, -0.25) is 4.79 Å². The van der Waals surface area contributed by atoms with Crippen molar-refractivity contribution in [2.75, 3.05) is 26.2 Å². The van der Waals surface area contributed by atoms with Crippen molar-refractivity contribution < 1.29 is 9.90 Å². The van der Waals surface area contributed by atoms with Gasteiger partial charge in [0, 0.05) is 49.7 Å². The second-order valence-corrected chi connectivity index (χ2v) is 7.95. The number of amides is 1.